The second-order valence-corrected chi connectivity index (χ2v) is 8.87. The molecule has 2 heterocycles. The predicted octanol–water partition coefficient (Wildman–Crippen LogP) is 4.62. The van der Waals surface area contributed by atoms with E-state index in [1.54, 1.807) is 26.2 Å². The number of ether oxygens (including phenoxy) is 2. The van der Waals surface area contributed by atoms with Crippen LogP contribution in [0.25, 0.3) is 10.9 Å². The van der Waals surface area contributed by atoms with Crippen molar-refractivity contribution in [1.82, 2.24) is 19.8 Å². The number of piperazine rings is 1. The van der Waals surface area contributed by atoms with Gasteiger partial charge in [-0.15, -0.1) is 0 Å². The maximum absolute atomic E-state index is 11.9. The normalized spacial score (nSPS) is 16.5. The fourth-order valence-electron chi connectivity index (χ4n) is 4.09. The number of benzene rings is 2. The zero-order valence-electron chi connectivity index (χ0n) is 19.3. The van der Waals surface area contributed by atoms with Crippen molar-refractivity contribution in [3.05, 3.63) is 46.7 Å². The highest BCUT2D eigenvalue weighted by Gasteiger charge is 2.28. The average Bonchev–Trinajstić information content (AvgIpc) is 2.84. The van der Waals surface area contributed by atoms with Gasteiger partial charge in [-0.3, -0.25) is 9.69 Å². The van der Waals surface area contributed by atoms with Crippen LogP contribution in [-0.2, 0) is 4.79 Å². The van der Waals surface area contributed by atoms with E-state index < -0.39 is 0 Å². The van der Waals surface area contributed by atoms with Crippen molar-refractivity contribution in [3.63, 3.8) is 0 Å². The number of aromatic nitrogens is 2. The van der Waals surface area contributed by atoms with E-state index in [0.717, 1.165) is 30.7 Å². The summed E-state index contributed by atoms with van der Waals surface area (Å²) in [5.41, 5.74) is 1.45. The molecule has 1 aliphatic heterocycles. The topological polar surface area (TPSA) is 79.8 Å². The molecule has 2 aromatic carbocycles. The second kappa shape index (κ2) is 10.6. The predicted molar refractivity (Wildman–Crippen MR) is 135 cm³/mol. The molecule has 1 unspecified atom stereocenters. The van der Waals surface area contributed by atoms with Crippen LogP contribution in [0.3, 0.4) is 0 Å². The van der Waals surface area contributed by atoms with Gasteiger partial charge in [0.05, 0.1) is 28.7 Å². The van der Waals surface area contributed by atoms with E-state index in [1.165, 1.54) is 6.33 Å². The number of nitrogens with one attached hydrogen (secondary N) is 1. The summed E-state index contributed by atoms with van der Waals surface area (Å²) in [7, 11) is 1.60. The molecule has 1 aromatic heterocycles. The fourth-order valence-corrected chi connectivity index (χ4v) is 4.38. The van der Waals surface area contributed by atoms with Crippen molar-refractivity contribution in [1.29, 1.82) is 0 Å². The van der Waals surface area contributed by atoms with Crippen LogP contribution in [0.4, 0.5) is 11.5 Å². The van der Waals surface area contributed by atoms with Gasteiger partial charge in [0.2, 0.25) is 5.91 Å². The highest BCUT2D eigenvalue weighted by Crippen LogP contribution is 2.35. The van der Waals surface area contributed by atoms with E-state index >= 15 is 0 Å². The first-order valence-electron chi connectivity index (χ1n) is 11.1. The van der Waals surface area contributed by atoms with Gasteiger partial charge in [0, 0.05) is 43.7 Å². The van der Waals surface area contributed by atoms with Crippen molar-refractivity contribution < 1.29 is 14.3 Å². The van der Waals surface area contributed by atoms with Crippen LogP contribution in [-0.4, -0.2) is 71.6 Å². The number of rotatable bonds is 7. The molecular weight excluding hydrogens is 477 g/mol. The van der Waals surface area contributed by atoms with Gasteiger partial charge in [0.25, 0.3) is 0 Å². The number of likely N-dealkylation sites (N-methyl/N-ethyl adjacent to an activating group) is 1. The first-order valence-corrected chi connectivity index (χ1v) is 11.8. The first kappa shape index (κ1) is 24.3. The molecule has 1 N–H and O–H groups in total. The zero-order valence-corrected chi connectivity index (χ0v) is 20.9. The Balaban J connectivity index is 1.58. The summed E-state index contributed by atoms with van der Waals surface area (Å²) in [4.78, 5) is 24.9. The largest absolute Gasteiger partial charge is 0.493 e. The highest BCUT2D eigenvalue weighted by molar-refractivity contribution is 6.42. The van der Waals surface area contributed by atoms with E-state index in [0.29, 0.717) is 46.0 Å². The van der Waals surface area contributed by atoms with Crippen molar-refractivity contribution in [2.24, 2.45) is 0 Å². The summed E-state index contributed by atoms with van der Waals surface area (Å²) in [6, 6.07) is 9.08. The Labute approximate surface area is 208 Å². The van der Waals surface area contributed by atoms with Gasteiger partial charge in [-0.05, 0) is 30.8 Å². The van der Waals surface area contributed by atoms with Crippen molar-refractivity contribution in [2.45, 2.75) is 19.9 Å². The number of carbonyl (C=O) groups is 1. The van der Waals surface area contributed by atoms with Gasteiger partial charge in [-0.2, -0.15) is 0 Å². The third kappa shape index (κ3) is 5.29. The maximum Gasteiger partial charge on any atom is 0.219 e. The highest BCUT2D eigenvalue weighted by atomic mass is 35.5. The van der Waals surface area contributed by atoms with Crippen molar-refractivity contribution >= 4 is 51.5 Å². The standard InChI is InChI=1S/C24H27Cl2N5O3/c1-4-30-7-8-31(15(2)32)12-17(30)13-34-23-11-21-18(10-22(23)33-3)24(28-14-27-21)29-16-5-6-19(25)20(26)9-16/h5-6,9-11,14,17H,4,7-8,12-13H2,1-3H3,(H,27,28,29). The number of amides is 1. The fraction of sp³-hybridized carbons (Fsp3) is 0.375. The molecular formula is C24H27Cl2N5O3. The van der Waals surface area contributed by atoms with Crippen LogP contribution < -0.4 is 14.8 Å². The molecule has 1 saturated heterocycles. The lowest BCUT2D eigenvalue weighted by Gasteiger charge is -2.40. The average molecular weight is 504 g/mol. The van der Waals surface area contributed by atoms with E-state index in [-0.39, 0.29) is 11.9 Å². The van der Waals surface area contributed by atoms with Crippen LogP contribution in [0.1, 0.15) is 13.8 Å². The Bertz CT molecular complexity index is 1190. The summed E-state index contributed by atoms with van der Waals surface area (Å²) in [6.07, 6.45) is 1.49. The molecule has 1 aliphatic rings. The monoisotopic (exact) mass is 503 g/mol. The Morgan fingerprint density at radius 3 is 2.68 bits per heavy atom. The molecule has 180 valence electrons. The number of anilines is 2. The molecule has 10 heteroatoms. The summed E-state index contributed by atoms with van der Waals surface area (Å²) in [6.45, 7) is 7.26. The number of carbonyl (C=O) groups excluding carboxylic acids is 1. The number of fused-ring (bicyclic) bond motifs is 1. The smallest absolute Gasteiger partial charge is 0.219 e. The minimum absolute atomic E-state index is 0.0859. The van der Waals surface area contributed by atoms with E-state index in [4.69, 9.17) is 32.7 Å². The molecule has 0 aliphatic carbocycles. The Morgan fingerprint density at radius 2 is 1.97 bits per heavy atom. The van der Waals surface area contributed by atoms with Crippen LogP contribution in [0, 0.1) is 0 Å². The number of methoxy groups -OCH3 is 1. The molecule has 1 fully saturated rings. The summed E-state index contributed by atoms with van der Waals surface area (Å²) < 4.78 is 11.8. The van der Waals surface area contributed by atoms with Gasteiger partial charge >= 0.3 is 0 Å². The van der Waals surface area contributed by atoms with Gasteiger partial charge < -0.3 is 19.7 Å². The Hall–Kier alpha value is -2.81. The van der Waals surface area contributed by atoms with Crippen molar-refractivity contribution in [2.75, 3.05) is 45.2 Å². The molecule has 0 spiro atoms. The Morgan fingerprint density at radius 1 is 1.15 bits per heavy atom. The van der Waals surface area contributed by atoms with Crippen LogP contribution in [0.15, 0.2) is 36.7 Å². The second-order valence-electron chi connectivity index (χ2n) is 8.05. The third-order valence-corrected chi connectivity index (χ3v) is 6.73. The number of halogens is 2. The van der Waals surface area contributed by atoms with E-state index in [1.807, 2.05) is 23.1 Å². The number of hydrogen-bond acceptors (Lipinski definition) is 7. The lowest BCUT2D eigenvalue weighted by atomic mass is 10.1. The van der Waals surface area contributed by atoms with Gasteiger partial charge in [0.1, 0.15) is 18.8 Å². The Kier molecular flexibility index (Phi) is 7.60. The third-order valence-electron chi connectivity index (χ3n) is 5.99. The SMILES string of the molecule is CCN1CCN(C(C)=O)CC1COc1cc2ncnc(Nc3ccc(Cl)c(Cl)c3)c2cc1OC. The summed E-state index contributed by atoms with van der Waals surface area (Å²) in [5, 5.41) is 4.97. The molecule has 8 nitrogen and oxygen atoms in total. The van der Waals surface area contributed by atoms with Gasteiger partial charge in [-0.1, -0.05) is 30.1 Å². The van der Waals surface area contributed by atoms with Crippen LogP contribution >= 0.6 is 23.2 Å². The molecule has 3 aromatic rings. The summed E-state index contributed by atoms with van der Waals surface area (Å²) in [5.74, 6) is 1.85. The van der Waals surface area contributed by atoms with E-state index in [2.05, 4.69) is 27.1 Å². The zero-order chi connectivity index (χ0) is 24.2. The molecule has 1 amide bonds. The van der Waals surface area contributed by atoms with E-state index in [9.17, 15) is 4.79 Å². The quantitative estimate of drug-likeness (QED) is 0.503. The van der Waals surface area contributed by atoms with Crippen molar-refractivity contribution in [3.8, 4) is 11.5 Å². The molecule has 0 radical (unpaired) electrons. The minimum Gasteiger partial charge on any atom is -0.493 e. The number of nitrogens with zero attached hydrogens (tertiary/aromatic N) is 4. The summed E-state index contributed by atoms with van der Waals surface area (Å²) >= 11 is 12.2. The number of hydrogen-bond donors (Lipinski definition) is 1. The van der Waals surface area contributed by atoms with Gasteiger partial charge in [-0.25, -0.2) is 9.97 Å². The lowest BCUT2D eigenvalue weighted by Crippen LogP contribution is -2.56. The van der Waals surface area contributed by atoms with Crippen LogP contribution in [0.5, 0.6) is 11.5 Å². The molecule has 34 heavy (non-hydrogen) atoms. The first-order chi connectivity index (χ1) is 16.4. The molecule has 0 saturated carbocycles. The molecule has 1 atom stereocenters. The lowest BCUT2D eigenvalue weighted by molar-refractivity contribution is -0.132. The minimum atomic E-state index is 0.0859. The van der Waals surface area contributed by atoms with Gasteiger partial charge in [0.15, 0.2) is 11.5 Å². The maximum atomic E-state index is 11.9. The molecule has 0 bridgehead atoms. The van der Waals surface area contributed by atoms with Crippen LogP contribution in [0.2, 0.25) is 10.0 Å². The molecule has 4 rings (SSSR count).